The van der Waals surface area contributed by atoms with Crippen molar-refractivity contribution in [3.63, 3.8) is 0 Å². The monoisotopic (exact) mass is 380 g/mol. The third-order valence-corrected chi connectivity index (χ3v) is 4.55. The predicted molar refractivity (Wildman–Crippen MR) is 104 cm³/mol. The summed E-state index contributed by atoms with van der Waals surface area (Å²) in [5.74, 6) is 2.02. The number of aromatic nitrogens is 4. The van der Waals surface area contributed by atoms with E-state index >= 15 is 0 Å². The van der Waals surface area contributed by atoms with Gasteiger partial charge in [0.05, 0.1) is 31.1 Å². The molecule has 0 bridgehead atoms. The van der Waals surface area contributed by atoms with E-state index in [1.54, 1.807) is 26.7 Å². The van der Waals surface area contributed by atoms with Crippen molar-refractivity contribution in [1.29, 1.82) is 0 Å². The van der Waals surface area contributed by atoms with Crippen LogP contribution in [0.1, 0.15) is 0 Å². The maximum atomic E-state index is 6.42. The standard InChI is InChI=1S/C20H17ClN4O2/c1-26-18-8-7-14(11-19(18)27-2)17-12-25(24-10-9-22-13-24)20(23-17)15-5-3-4-6-16(15)21/h3-13H,1-2H3. The Labute approximate surface area is 161 Å². The van der Waals surface area contributed by atoms with Crippen LogP contribution in [-0.4, -0.2) is 33.5 Å². The summed E-state index contributed by atoms with van der Waals surface area (Å²) in [5, 5.41) is 0.628. The van der Waals surface area contributed by atoms with Gasteiger partial charge in [0.15, 0.2) is 17.3 Å². The van der Waals surface area contributed by atoms with Gasteiger partial charge in [-0.1, -0.05) is 23.7 Å². The Bertz CT molecular complexity index is 1070. The lowest BCUT2D eigenvalue weighted by Gasteiger charge is -2.08. The first-order valence-electron chi connectivity index (χ1n) is 8.26. The topological polar surface area (TPSA) is 54.1 Å². The van der Waals surface area contributed by atoms with Crippen molar-refractivity contribution in [3.05, 3.63) is 72.4 Å². The molecule has 4 rings (SSSR count). The molecule has 7 heteroatoms. The van der Waals surface area contributed by atoms with Crippen LogP contribution in [-0.2, 0) is 0 Å². The third-order valence-electron chi connectivity index (χ3n) is 4.22. The number of ether oxygens (including phenoxy) is 2. The number of hydrogen-bond donors (Lipinski definition) is 0. The normalized spacial score (nSPS) is 10.8. The van der Waals surface area contributed by atoms with Crippen molar-refractivity contribution in [2.24, 2.45) is 0 Å². The molecule has 0 atom stereocenters. The molecule has 0 saturated carbocycles. The smallest absolute Gasteiger partial charge is 0.161 e. The van der Waals surface area contributed by atoms with Crippen LogP contribution in [0.2, 0.25) is 5.02 Å². The molecule has 0 N–H and O–H groups in total. The Morgan fingerprint density at radius 1 is 1.00 bits per heavy atom. The van der Waals surface area contributed by atoms with E-state index in [1.807, 2.05) is 64.2 Å². The Morgan fingerprint density at radius 2 is 1.81 bits per heavy atom. The lowest BCUT2D eigenvalue weighted by atomic mass is 10.1. The molecule has 0 unspecified atom stereocenters. The lowest BCUT2D eigenvalue weighted by molar-refractivity contribution is 0.355. The minimum absolute atomic E-state index is 0.628. The van der Waals surface area contributed by atoms with E-state index in [0.29, 0.717) is 22.3 Å². The lowest BCUT2D eigenvalue weighted by Crippen LogP contribution is -2.07. The molecular weight excluding hydrogens is 364 g/mol. The van der Waals surface area contributed by atoms with Crippen LogP contribution in [0.5, 0.6) is 11.5 Å². The molecule has 0 aliphatic heterocycles. The quantitative estimate of drug-likeness (QED) is 0.515. The molecule has 4 aromatic rings. The van der Waals surface area contributed by atoms with Gasteiger partial charge in [0, 0.05) is 23.5 Å². The largest absolute Gasteiger partial charge is 0.493 e. The maximum absolute atomic E-state index is 6.42. The second-order valence-corrected chi connectivity index (χ2v) is 6.19. The molecule has 27 heavy (non-hydrogen) atoms. The second kappa shape index (κ2) is 7.17. The van der Waals surface area contributed by atoms with Gasteiger partial charge in [-0.05, 0) is 30.3 Å². The summed E-state index contributed by atoms with van der Waals surface area (Å²) in [6.45, 7) is 0. The second-order valence-electron chi connectivity index (χ2n) is 5.79. The van der Waals surface area contributed by atoms with Gasteiger partial charge in [0.2, 0.25) is 0 Å². The highest BCUT2D eigenvalue weighted by Gasteiger charge is 2.16. The van der Waals surface area contributed by atoms with Crippen molar-refractivity contribution in [1.82, 2.24) is 19.3 Å². The van der Waals surface area contributed by atoms with Crippen LogP contribution < -0.4 is 9.47 Å². The van der Waals surface area contributed by atoms with Crippen molar-refractivity contribution in [2.45, 2.75) is 0 Å². The van der Waals surface area contributed by atoms with E-state index in [1.165, 1.54) is 0 Å². The number of nitrogens with zero attached hydrogens (tertiary/aromatic N) is 4. The molecule has 2 aromatic heterocycles. The number of hydrogen-bond acceptors (Lipinski definition) is 4. The molecule has 0 spiro atoms. The van der Waals surface area contributed by atoms with E-state index in [2.05, 4.69) is 4.98 Å². The molecule has 0 fully saturated rings. The fourth-order valence-corrected chi connectivity index (χ4v) is 3.11. The summed E-state index contributed by atoms with van der Waals surface area (Å²) in [4.78, 5) is 8.96. The molecule has 2 heterocycles. The summed E-state index contributed by atoms with van der Waals surface area (Å²) in [7, 11) is 3.22. The minimum Gasteiger partial charge on any atom is -0.493 e. The summed E-state index contributed by atoms with van der Waals surface area (Å²) < 4.78 is 14.5. The van der Waals surface area contributed by atoms with Gasteiger partial charge in [-0.2, -0.15) is 0 Å². The van der Waals surface area contributed by atoms with Crippen LogP contribution >= 0.6 is 11.6 Å². The number of rotatable bonds is 5. The summed E-state index contributed by atoms with van der Waals surface area (Å²) in [6.07, 6.45) is 7.20. The average Bonchev–Trinajstić information content (AvgIpc) is 3.37. The van der Waals surface area contributed by atoms with Crippen LogP contribution in [0.25, 0.3) is 22.6 Å². The highest BCUT2D eigenvalue weighted by Crippen LogP contribution is 2.34. The Morgan fingerprint density at radius 3 is 2.52 bits per heavy atom. The van der Waals surface area contributed by atoms with Crippen molar-refractivity contribution >= 4 is 11.6 Å². The zero-order chi connectivity index (χ0) is 18.8. The summed E-state index contributed by atoms with van der Waals surface area (Å²) in [5.41, 5.74) is 2.51. The third kappa shape index (κ3) is 3.15. The SMILES string of the molecule is COc1ccc(-c2cn(-n3ccnc3)c(-c3ccccc3Cl)n2)cc1OC. The van der Waals surface area contributed by atoms with E-state index in [0.717, 1.165) is 16.8 Å². The minimum atomic E-state index is 0.628. The van der Waals surface area contributed by atoms with E-state index < -0.39 is 0 Å². The molecule has 0 aliphatic rings. The Kier molecular flexibility index (Phi) is 4.56. The van der Waals surface area contributed by atoms with Gasteiger partial charge in [0.25, 0.3) is 0 Å². The molecule has 2 aromatic carbocycles. The molecular formula is C20H17ClN4O2. The van der Waals surface area contributed by atoms with Gasteiger partial charge >= 0.3 is 0 Å². The molecule has 0 aliphatic carbocycles. The van der Waals surface area contributed by atoms with Crippen molar-refractivity contribution in [3.8, 4) is 34.1 Å². The summed E-state index contributed by atoms with van der Waals surface area (Å²) in [6, 6.07) is 13.3. The van der Waals surface area contributed by atoms with Gasteiger partial charge in [-0.25, -0.2) is 19.3 Å². The highest BCUT2D eigenvalue weighted by atomic mass is 35.5. The fraction of sp³-hybridized carbons (Fsp3) is 0.100. The number of halogens is 1. The van der Waals surface area contributed by atoms with Gasteiger partial charge in [-0.3, -0.25) is 0 Å². The first kappa shape index (κ1) is 17.2. The molecule has 0 saturated heterocycles. The van der Waals surface area contributed by atoms with Gasteiger partial charge < -0.3 is 9.47 Å². The predicted octanol–water partition coefficient (Wildman–Crippen LogP) is 4.40. The first-order chi connectivity index (χ1) is 13.2. The Hall–Kier alpha value is -3.25. The van der Waals surface area contributed by atoms with E-state index in [4.69, 9.17) is 26.1 Å². The average molecular weight is 381 g/mol. The van der Waals surface area contributed by atoms with Gasteiger partial charge in [0.1, 0.15) is 6.33 Å². The molecule has 136 valence electrons. The van der Waals surface area contributed by atoms with Crippen molar-refractivity contribution in [2.75, 3.05) is 14.2 Å². The zero-order valence-electron chi connectivity index (χ0n) is 14.8. The van der Waals surface area contributed by atoms with Crippen molar-refractivity contribution < 1.29 is 9.47 Å². The van der Waals surface area contributed by atoms with Crippen LogP contribution in [0, 0.1) is 0 Å². The van der Waals surface area contributed by atoms with Gasteiger partial charge in [-0.15, -0.1) is 0 Å². The van der Waals surface area contributed by atoms with E-state index in [-0.39, 0.29) is 0 Å². The summed E-state index contributed by atoms with van der Waals surface area (Å²) >= 11 is 6.42. The van der Waals surface area contributed by atoms with E-state index in [9.17, 15) is 0 Å². The maximum Gasteiger partial charge on any atom is 0.161 e. The highest BCUT2D eigenvalue weighted by molar-refractivity contribution is 6.33. The first-order valence-corrected chi connectivity index (χ1v) is 8.64. The molecule has 0 amide bonds. The van der Waals surface area contributed by atoms with Crippen LogP contribution in [0.4, 0.5) is 0 Å². The molecule has 0 radical (unpaired) electrons. The number of imidazole rings is 2. The zero-order valence-corrected chi connectivity index (χ0v) is 15.6. The Balaban J connectivity index is 1.89. The van der Waals surface area contributed by atoms with Crippen LogP contribution in [0.3, 0.4) is 0 Å². The van der Waals surface area contributed by atoms with Crippen LogP contribution in [0.15, 0.2) is 67.4 Å². The molecule has 6 nitrogen and oxygen atoms in total. The fourth-order valence-electron chi connectivity index (χ4n) is 2.89. The number of benzene rings is 2. The number of methoxy groups -OCH3 is 2.